The van der Waals surface area contributed by atoms with E-state index < -0.39 is 0 Å². The summed E-state index contributed by atoms with van der Waals surface area (Å²) in [6.07, 6.45) is 0. The van der Waals surface area contributed by atoms with E-state index in [1.165, 1.54) is 5.56 Å². The highest BCUT2D eigenvalue weighted by molar-refractivity contribution is 14.1. The molecule has 3 rings (SSSR count). The molecule has 5 nitrogen and oxygen atoms in total. The molecular weight excluding hydrogens is 355 g/mol. The fraction of sp³-hybridized carbons (Fsp3) is 0.385. The minimum absolute atomic E-state index is 0.590. The van der Waals surface area contributed by atoms with Crippen molar-refractivity contribution in [2.24, 2.45) is 0 Å². The molecule has 0 spiro atoms. The summed E-state index contributed by atoms with van der Waals surface area (Å²) in [6.45, 7) is 5.99. The number of hydrogen-bond donors (Lipinski definition) is 0. The van der Waals surface area contributed by atoms with Gasteiger partial charge >= 0.3 is 0 Å². The second-order valence-corrected chi connectivity index (χ2v) is 6.03. The molecule has 0 saturated carbocycles. The van der Waals surface area contributed by atoms with Crippen molar-refractivity contribution in [1.82, 2.24) is 13.3 Å². The second-order valence-electron chi connectivity index (χ2n) is 4.66. The van der Waals surface area contributed by atoms with Crippen LogP contribution in [-0.4, -0.2) is 39.4 Å². The Bertz CT molecular complexity index is 546. The minimum atomic E-state index is 0.590. The minimum Gasteiger partial charge on any atom is -0.336 e. The Hall–Kier alpha value is -1.15. The van der Waals surface area contributed by atoms with Gasteiger partial charge in [-0.15, -0.1) is 0 Å². The van der Waals surface area contributed by atoms with E-state index in [1.807, 2.05) is 24.3 Å². The maximum Gasteiger partial charge on any atom is 0.266 e. The highest BCUT2D eigenvalue weighted by Crippen LogP contribution is 2.21. The van der Waals surface area contributed by atoms with E-state index in [0.29, 0.717) is 11.8 Å². The molecule has 0 atom stereocenters. The average molecular weight is 370 g/mol. The van der Waals surface area contributed by atoms with Crippen LogP contribution in [0.15, 0.2) is 28.8 Å². The van der Waals surface area contributed by atoms with Gasteiger partial charge in [-0.3, -0.25) is 0 Å². The largest absolute Gasteiger partial charge is 0.336 e. The van der Waals surface area contributed by atoms with Gasteiger partial charge in [-0.2, -0.15) is 4.98 Å². The van der Waals surface area contributed by atoms with Gasteiger partial charge in [0.05, 0.1) is 0 Å². The van der Waals surface area contributed by atoms with Crippen molar-refractivity contribution in [1.29, 1.82) is 0 Å². The predicted molar refractivity (Wildman–Crippen MR) is 82.3 cm³/mol. The van der Waals surface area contributed by atoms with Gasteiger partial charge in [-0.05, 0) is 24.2 Å². The molecule has 1 fully saturated rings. The number of aryl methyl sites for hydroxylation is 1. The van der Waals surface area contributed by atoms with Crippen molar-refractivity contribution in [3.63, 3.8) is 0 Å². The molecular formula is C13H15IN4O. The summed E-state index contributed by atoms with van der Waals surface area (Å²) < 4.78 is 7.63. The molecule has 0 aliphatic carbocycles. The lowest BCUT2D eigenvalue weighted by molar-refractivity contribution is 0.417. The van der Waals surface area contributed by atoms with Crippen LogP contribution in [0.3, 0.4) is 0 Å². The van der Waals surface area contributed by atoms with Crippen LogP contribution in [-0.2, 0) is 0 Å². The van der Waals surface area contributed by atoms with E-state index >= 15 is 0 Å². The normalized spacial score (nSPS) is 16.8. The number of benzene rings is 1. The molecule has 1 aromatic heterocycles. The second kappa shape index (κ2) is 5.46. The zero-order chi connectivity index (χ0) is 13.2. The molecule has 0 N–H and O–H groups in total. The zero-order valence-corrected chi connectivity index (χ0v) is 12.9. The van der Waals surface area contributed by atoms with Crippen LogP contribution < -0.4 is 4.90 Å². The first-order valence-electron chi connectivity index (χ1n) is 6.29. The van der Waals surface area contributed by atoms with Crippen LogP contribution in [0.4, 0.5) is 5.95 Å². The van der Waals surface area contributed by atoms with Crippen LogP contribution in [0.2, 0.25) is 0 Å². The van der Waals surface area contributed by atoms with Crippen molar-refractivity contribution in [2.75, 3.05) is 31.1 Å². The molecule has 2 heterocycles. The molecule has 1 aromatic carbocycles. The Kier molecular flexibility index (Phi) is 3.69. The van der Waals surface area contributed by atoms with Crippen LogP contribution in [0.25, 0.3) is 11.5 Å². The molecule has 6 heteroatoms. The molecule has 1 saturated heterocycles. The highest BCUT2D eigenvalue weighted by Gasteiger charge is 2.20. The smallest absolute Gasteiger partial charge is 0.266 e. The van der Waals surface area contributed by atoms with E-state index in [1.54, 1.807) is 0 Å². The first-order chi connectivity index (χ1) is 9.22. The molecule has 1 aliphatic heterocycles. The van der Waals surface area contributed by atoms with Gasteiger partial charge in [0.25, 0.3) is 11.8 Å². The van der Waals surface area contributed by atoms with E-state index in [9.17, 15) is 0 Å². The standard InChI is InChI=1S/C13H15IN4O/c1-10-2-4-11(5-3-10)12-15-13(16-19-12)17-6-8-18(14)9-7-17/h2-5H,6-9H2,1H3. The molecule has 0 bridgehead atoms. The number of aromatic nitrogens is 2. The summed E-state index contributed by atoms with van der Waals surface area (Å²) in [6, 6.07) is 8.12. The number of nitrogens with zero attached hydrogens (tertiary/aromatic N) is 4. The summed E-state index contributed by atoms with van der Waals surface area (Å²) in [5, 5.41) is 4.08. The lowest BCUT2D eigenvalue weighted by Gasteiger charge is -2.29. The van der Waals surface area contributed by atoms with Gasteiger partial charge in [-0.1, -0.05) is 17.7 Å². The van der Waals surface area contributed by atoms with Gasteiger partial charge in [0.2, 0.25) is 0 Å². The summed E-state index contributed by atoms with van der Waals surface area (Å²) in [5.41, 5.74) is 2.19. The number of anilines is 1. The van der Waals surface area contributed by atoms with Crippen molar-refractivity contribution in [2.45, 2.75) is 6.92 Å². The van der Waals surface area contributed by atoms with Crippen LogP contribution in [0.1, 0.15) is 5.56 Å². The molecule has 0 radical (unpaired) electrons. The summed E-state index contributed by atoms with van der Waals surface area (Å²) in [7, 11) is 0. The average Bonchev–Trinajstić information content (AvgIpc) is 2.90. The van der Waals surface area contributed by atoms with Gasteiger partial charge in [0.15, 0.2) is 0 Å². The van der Waals surface area contributed by atoms with Gasteiger partial charge in [0.1, 0.15) is 0 Å². The lowest BCUT2D eigenvalue weighted by Crippen LogP contribution is -2.42. The van der Waals surface area contributed by atoms with E-state index in [-0.39, 0.29) is 0 Å². The lowest BCUT2D eigenvalue weighted by atomic mass is 10.1. The van der Waals surface area contributed by atoms with Crippen molar-refractivity contribution in [3.8, 4) is 11.5 Å². The van der Waals surface area contributed by atoms with Crippen molar-refractivity contribution >= 4 is 28.8 Å². The monoisotopic (exact) mass is 370 g/mol. The summed E-state index contributed by atoms with van der Waals surface area (Å²) >= 11 is 2.35. The topological polar surface area (TPSA) is 45.4 Å². The first-order valence-corrected chi connectivity index (χ1v) is 7.25. The first kappa shape index (κ1) is 12.9. The third-order valence-electron chi connectivity index (χ3n) is 3.22. The molecule has 19 heavy (non-hydrogen) atoms. The SMILES string of the molecule is Cc1ccc(-c2nc(N3CCN(I)CC3)no2)cc1. The zero-order valence-electron chi connectivity index (χ0n) is 10.7. The predicted octanol–water partition coefficient (Wildman–Crippen LogP) is 2.52. The van der Waals surface area contributed by atoms with Crippen LogP contribution >= 0.6 is 22.9 Å². The Morgan fingerprint density at radius 2 is 1.79 bits per heavy atom. The van der Waals surface area contributed by atoms with Gasteiger partial charge < -0.3 is 9.42 Å². The van der Waals surface area contributed by atoms with Crippen molar-refractivity contribution in [3.05, 3.63) is 29.8 Å². The molecule has 0 amide bonds. The fourth-order valence-electron chi connectivity index (χ4n) is 2.04. The quantitative estimate of drug-likeness (QED) is 0.601. The number of rotatable bonds is 2. The van der Waals surface area contributed by atoms with Gasteiger partial charge in [-0.25, -0.2) is 3.11 Å². The van der Waals surface area contributed by atoms with Gasteiger partial charge in [0, 0.05) is 54.6 Å². The molecule has 100 valence electrons. The fourth-order valence-corrected chi connectivity index (χ4v) is 2.47. The van der Waals surface area contributed by atoms with E-state index in [4.69, 9.17) is 4.52 Å². The molecule has 2 aromatic rings. The molecule has 0 unspecified atom stereocenters. The van der Waals surface area contributed by atoms with Crippen LogP contribution in [0.5, 0.6) is 0 Å². The Labute approximate surface area is 126 Å². The third kappa shape index (κ3) is 2.89. The molecule has 1 aliphatic rings. The highest BCUT2D eigenvalue weighted by atomic mass is 127. The number of hydrogen-bond acceptors (Lipinski definition) is 5. The number of halogens is 1. The Morgan fingerprint density at radius 3 is 2.47 bits per heavy atom. The maximum absolute atomic E-state index is 5.35. The van der Waals surface area contributed by atoms with E-state index in [2.05, 4.69) is 47.9 Å². The third-order valence-corrected chi connectivity index (χ3v) is 4.19. The Morgan fingerprint density at radius 1 is 1.11 bits per heavy atom. The van der Waals surface area contributed by atoms with Crippen LogP contribution in [0, 0.1) is 6.92 Å². The van der Waals surface area contributed by atoms with E-state index in [0.717, 1.165) is 31.7 Å². The Balaban J connectivity index is 1.77. The maximum atomic E-state index is 5.35. The number of piperazine rings is 1. The summed E-state index contributed by atoms with van der Waals surface area (Å²) in [4.78, 5) is 6.65. The van der Waals surface area contributed by atoms with Crippen molar-refractivity contribution < 1.29 is 4.52 Å². The summed E-state index contributed by atoms with van der Waals surface area (Å²) in [5.74, 6) is 1.28.